The molecule has 3 N–H and O–H groups in total. The van der Waals surface area contributed by atoms with Gasteiger partial charge in [-0.05, 0) is 49.5 Å². The van der Waals surface area contributed by atoms with Crippen LogP contribution in [0.25, 0.3) is 6.08 Å². The minimum Gasteiger partial charge on any atom is -0.495 e. The molecule has 3 rings (SSSR count). The molecule has 0 saturated carbocycles. The Hall–Kier alpha value is -2.02. The number of nitrogens with two attached hydrogens (primary N) is 1. The summed E-state index contributed by atoms with van der Waals surface area (Å²) in [6, 6.07) is 3.21. The van der Waals surface area contributed by atoms with Gasteiger partial charge in [-0.25, -0.2) is 0 Å². The Morgan fingerprint density at radius 2 is 2.00 bits per heavy atom. The van der Waals surface area contributed by atoms with E-state index >= 15 is 0 Å². The van der Waals surface area contributed by atoms with Crippen molar-refractivity contribution < 1.29 is 14.3 Å². The van der Waals surface area contributed by atoms with E-state index in [-0.39, 0.29) is 5.91 Å². The van der Waals surface area contributed by atoms with Gasteiger partial charge in [0.1, 0.15) is 10.8 Å². The normalized spacial score (nSPS) is 13.4. The fourth-order valence-electron chi connectivity index (χ4n) is 3.15. The van der Waals surface area contributed by atoms with Crippen molar-refractivity contribution in [3.8, 4) is 5.75 Å². The summed E-state index contributed by atoms with van der Waals surface area (Å²) in [5, 5.41) is 4.06. The number of halogens is 2. The number of rotatable bonds is 5. The molecule has 1 aliphatic rings. The largest absolute Gasteiger partial charge is 0.495 e. The van der Waals surface area contributed by atoms with Crippen LogP contribution in [0.1, 0.15) is 39.2 Å². The second-order valence-corrected chi connectivity index (χ2v) is 8.06. The Bertz CT molecular complexity index is 938. The quantitative estimate of drug-likeness (QED) is 0.682. The van der Waals surface area contributed by atoms with Gasteiger partial charge >= 0.3 is 0 Å². The highest BCUT2D eigenvalue weighted by molar-refractivity contribution is 7.17. The Labute approximate surface area is 171 Å². The Kier molecular flexibility index (Phi) is 6.09. The summed E-state index contributed by atoms with van der Waals surface area (Å²) in [5.74, 6) is -0.472. The molecule has 0 aliphatic heterocycles. The van der Waals surface area contributed by atoms with Crippen LogP contribution < -0.4 is 15.8 Å². The summed E-state index contributed by atoms with van der Waals surface area (Å²) in [5.41, 5.74) is 7.53. The van der Waals surface area contributed by atoms with E-state index in [4.69, 9.17) is 33.7 Å². The van der Waals surface area contributed by atoms with Crippen LogP contribution in [-0.2, 0) is 17.6 Å². The van der Waals surface area contributed by atoms with Crippen molar-refractivity contribution in [3.63, 3.8) is 0 Å². The van der Waals surface area contributed by atoms with Crippen molar-refractivity contribution in [1.29, 1.82) is 0 Å². The first-order chi connectivity index (χ1) is 12.9. The fourth-order valence-corrected chi connectivity index (χ4v) is 5.04. The van der Waals surface area contributed by atoms with Crippen LogP contribution in [0.15, 0.2) is 18.2 Å². The van der Waals surface area contributed by atoms with Crippen molar-refractivity contribution >= 4 is 57.4 Å². The van der Waals surface area contributed by atoms with Crippen LogP contribution in [0, 0.1) is 0 Å². The van der Waals surface area contributed by atoms with E-state index in [0.29, 0.717) is 31.9 Å². The first-order valence-corrected chi connectivity index (χ1v) is 9.94. The highest BCUT2D eigenvalue weighted by atomic mass is 35.5. The zero-order valence-corrected chi connectivity index (χ0v) is 16.9. The SMILES string of the molecule is COc1c(Cl)cc(Cl)cc1/C=C/C(=O)Nc1sc2c(c1C(N)=O)CCCC2. The molecule has 1 aromatic carbocycles. The molecule has 0 atom stereocenters. The van der Waals surface area contributed by atoms with E-state index in [1.54, 1.807) is 18.2 Å². The molecule has 0 radical (unpaired) electrons. The summed E-state index contributed by atoms with van der Waals surface area (Å²) >= 11 is 13.5. The van der Waals surface area contributed by atoms with Gasteiger partial charge in [0.05, 0.1) is 17.7 Å². The molecule has 27 heavy (non-hydrogen) atoms. The summed E-state index contributed by atoms with van der Waals surface area (Å²) < 4.78 is 5.25. The Morgan fingerprint density at radius 3 is 2.70 bits per heavy atom. The zero-order chi connectivity index (χ0) is 19.6. The number of carbonyl (C=O) groups excluding carboxylic acids is 2. The molecule has 1 aromatic heterocycles. The van der Waals surface area contributed by atoms with Crippen molar-refractivity contribution in [2.45, 2.75) is 25.7 Å². The third-order valence-electron chi connectivity index (χ3n) is 4.31. The molecular formula is C19H18Cl2N2O3S. The topological polar surface area (TPSA) is 81.4 Å². The molecule has 1 heterocycles. The lowest BCUT2D eigenvalue weighted by Gasteiger charge is -2.11. The van der Waals surface area contributed by atoms with Crippen LogP contribution >= 0.6 is 34.5 Å². The number of benzene rings is 1. The van der Waals surface area contributed by atoms with E-state index in [2.05, 4.69) is 5.32 Å². The fraction of sp³-hybridized carbons (Fsp3) is 0.263. The number of hydrogen-bond donors (Lipinski definition) is 2. The van der Waals surface area contributed by atoms with Crippen LogP contribution in [0.2, 0.25) is 10.0 Å². The predicted molar refractivity (Wildman–Crippen MR) is 110 cm³/mol. The zero-order valence-electron chi connectivity index (χ0n) is 14.6. The molecule has 8 heteroatoms. The van der Waals surface area contributed by atoms with E-state index in [1.807, 2.05) is 0 Å². The second-order valence-electron chi connectivity index (χ2n) is 6.11. The van der Waals surface area contributed by atoms with Crippen LogP contribution in [0.4, 0.5) is 5.00 Å². The molecule has 0 spiro atoms. The molecule has 0 fully saturated rings. The van der Waals surface area contributed by atoms with Crippen molar-refractivity contribution in [2.75, 3.05) is 12.4 Å². The number of thiophene rings is 1. The lowest BCUT2D eigenvalue weighted by Crippen LogP contribution is -2.17. The van der Waals surface area contributed by atoms with Crippen LogP contribution in [-0.4, -0.2) is 18.9 Å². The standard InChI is InChI=1S/C19H18Cl2N2O3S/c1-26-17-10(8-11(20)9-13(17)21)6-7-15(24)23-19-16(18(22)25)12-4-2-3-5-14(12)27-19/h6-9H,2-5H2,1H3,(H2,22,25)(H,23,24)/b7-6+. The lowest BCUT2D eigenvalue weighted by molar-refractivity contribution is -0.111. The maximum Gasteiger partial charge on any atom is 0.251 e. The highest BCUT2D eigenvalue weighted by Gasteiger charge is 2.24. The minimum absolute atomic E-state index is 0.354. The summed E-state index contributed by atoms with van der Waals surface area (Å²) in [7, 11) is 1.49. The Balaban J connectivity index is 1.84. The average Bonchev–Trinajstić information content (AvgIpc) is 2.97. The van der Waals surface area contributed by atoms with Crippen molar-refractivity contribution in [3.05, 3.63) is 49.8 Å². The smallest absolute Gasteiger partial charge is 0.251 e. The molecule has 142 valence electrons. The van der Waals surface area contributed by atoms with Crippen LogP contribution in [0.5, 0.6) is 5.75 Å². The van der Waals surface area contributed by atoms with Gasteiger partial charge in [-0.15, -0.1) is 11.3 Å². The van der Waals surface area contributed by atoms with E-state index in [9.17, 15) is 9.59 Å². The summed E-state index contributed by atoms with van der Waals surface area (Å²) in [4.78, 5) is 25.4. The minimum atomic E-state index is -0.517. The van der Waals surface area contributed by atoms with Gasteiger partial charge in [0.2, 0.25) is 5.91 Å². The molecule has 1 aliphatic carbocycles. The van der Waals surface area contributed by atoms with E-state index in [1.165, 1.54) is 24.5 Å². The van der Waals surface area contributed by atoms with E-state index < -0.39 is 5.91 Å². The monoisotopic (exact) mass is 424 g/mol. The van der Waals surface area contributed by atoms with Gasteiger partial charge in [0.15, 0.2) is 0 Å². The van der Waals surface area contributed by atoms with Gasteiger partial charge in [-0.1, -0.05) is 23.2 Å². The first kappa shape index (κ1) is 19.7. The first-order valence-electron chi connectivity index (χ1n) is 8.37. The number of nitrogens with one attached hydrogen (secondary N) is 1. The van der Waals surface area contributed by atoms with E-state index in [0.717, 1.165) is 36.1 Å². The molecule has 0 saturated heterocycles. The molecule has 2 amide bonds. The Morgan fingerprint density at radius 1 is 1.26 bits per heavy atom. The molecule has 2 aromatic rings. The van der Waals surface area contributed by atoms with Gasteiger partial charge in [0, 0.05) is 21.5 Å². The highest BCUT2D eigenvalue weighted by Crippen LogP contribution is 2.38. The summed E-state index contributed by atoms with van der Waals surface area (Å²) in [6.07, 6.45) is 6.72. The molecule has 5 nitrogen and oxygen atoms in total. The number of methoxy groups -OCH3 is 1. The second kappa shape index (κ2) is 8.33. The van der Waals surface area contributed by atoms with Gasteiger partial charge < -0.3 is 15.8 Å². The maximum absolute atomic E-state index is 12.4. The van der Waals surface area contributed by atoms with Gasteiger partial charge in [-0.3, -0.25) is 9.59 Å². The summed E-state index contributed by atoms with van der Waals surface area (Å²) in [6.45, 7) is 0. The van der Waals surface area contributed by atoms with Crippen LogP contribution in [0.3, 0.4) is 0 Å². The number of aryl methyl sites for hydroxylation is 1. The lowest BCUT2D eigenvalue weighted by atomic mass is 9.95. The predicted octanol–water partition coefficient (Wildman–Crippen LogP) is 4.69. The number of ether oxygens (including phenoxy) is 1. The number of amides is 2. The number of fused-ring (bicyclic) bond motifs is 1. The van der Waals surface area contributed by atoms with Gasteiger partial charge in [0.25, 0.3) is 5.91 Å². The van der Waals surface area contributed by atoms with Crippen molar-refractivity contribution in [2.24, 2.45) is 5.73 Å². The average molecular weight is 425 g/mol. The molecule has 0 unspecified atom stereocenters. The molecular weight excluding hydrogens is 407 g/mol. The number of anilines is 1. The number of primary amides is 1. The van der Waals surface area contributed by atoms with Gasteiger partial charge in [-0.2, -0.15) is 0 Å². The third kappa shape index (κ3) is 4.29. The maximum atomic E-state index is 12.4. The number of hydrogen-bond acceptors (Lipinski definition) is 4. The molecule has 0 bridgehead atoms. The van der Waals surface area contributed by atoms with Crippen molar-refractivity contribution in [1.82, 2.24) is 0 Å². The third-order valence-corrected chi connectivity index (χ3v) is 6.02. The number of carbonyl (C=O) groups is 2.